The van der Waals surface area contributed by atoms with Crippen LogP contribution in [0.4, 0.5) is 0 Å². The fraction of sp³-hybridized carbons (Fsp3) is 0.391. The van der Waals surface area contributed by atoms with E-state index in [1.807, 2.05) is 31.2 Å². The van der Waals surface area contributed by atoms with E-state index < -0.39 is 0 Å². The maximum absolute atomic E-state index is 6.11. The topological polar surface area (TPSA) is 52.4 Å². The zero-order valence-corrected chi connectivity index (χ0v) is 17.1. The third-order valence-corrected chi connectivity index (χ3v) is 5.39. The predicted octanol–water partition coefficient (Wildman–Crippen LogP) is 3.88. The van der Waals surface area contributed by atoms with Crippen LogP contribution in [0.15, 0.2) is 54.6 Å². The number of hydrogen-bond acceptors (Lipinski definition) is 5. The monoisotopic (exact) mass is 392 g/mol. The molecule has 0 N–H and O–H groups in total. The number of methoxy groups -OCH3 is 1. The van der Waals surface area contributed by atoms with Gasteiger partial charge < -0.3 is 9.47 Å². The van der Waals surface area contributed by atoms with Gasteiger partial charge >= 0.3 is 6.01 Å². The van der Waals surface area contributed by atoms with Crippen molar-refractivity contribution in [1.82, 2.24) is 19.7 Å². The molecule has 1 saturated heterocycles. The van der Waals surface area contributed by atoms with Crippen LogP contribution >= 0.6 is 0 Å². The summed E-state index contributed by atoms with van der Waals surface area (Å²) in [5.74, 6) is 2.02. The van der Waals surface area contributed by atoms with Crippen molar-refractivity contribution in [2.45, 2.75) is 26.3 Å². The Morgan fingerprint density at radius 3 is 2.59 bits per heavy atom. The molecule has 6 heteroatoms. The zero-order chi connectivity index (χ0) is 20.1. The Labute approximate surface area is 172 Å². The minimum absolute atomic E-state index is 0.540. The maximum Gasteiger partial charge on any atom is 0.319 e. The summed E-state index contributed by atoms with van der Waals surface area (Å²) >= 11 is 0. The normalized spacial score (nSPS) is 15.4. The molecule has 0 aliphatic carbocycles. The highest BCUT2D eigenvalue weighted by Crippen LogP contribution is 2.23. The standard InChI is InChI=1S/C23H28N4O2/c1-18-24-23(27(25-18)21-9-6-10-22(15-21)28-2)29-17-20-11-13-26(14-12-20)16-19-7-4-3-5-8-19/h3-10,15,20H,11-14,16-17H2,1-2H3. The van der Waals surface area contributed by atoms with E-state index in [0.29, 0.717) is 24.4 Å². The van der Waals surface area contributed by atoms with Gasteiger partial charge in [-0.2, -0.15) is 9.67 Å². The third kappa shape index (κ3) is 4.95. The first-order chi connectivity index (χ1) is 14.2. The van der Waals surface area contributed by atoms with Crippen molar-refractivity contribution in [2.24, 2.45) is 5.92 Å². The van der Waals surface area contributed by atoms with Crippen molar-refractivity contribution in [2.75, 3.05) is 26.8 Å². The van der Waals surface area contributed by atoms with Crippen LogP contribution in [0.3, 0.4) is 0 Å². The van der Waals surface area contributed by atoms with Gasteiger partial charge in [0.15, 0.2) is 5.82 Å². The Balaban J connectivity index is 1.33. The molecule has 3 aromatic rings. The molecule has 0 unspecified atom stereocenters. The van der Waals surface area contributed by atoms with E-state index in [1.54, 1.807) is 11.8 Å². The molecule has 29 heavy (non-hydrogen) atoms. The predicted molar refractivity (Wildman–Crippen MR) is 113 cm³/mol. The molecule has 2 aromatic carbocycles. The summed E-state index contributed by atoms with van der Waals surface area (Å²) in [5, 5.41) is 4.50. The van der Waals surface area contributed by atoms with E-state index in [4.69, 9.17) is 9.47 Å². The Morgan fingerprint density at radius 1 is 1.03 bits per heavy atom. The largest absolute Gasteiger partial charge is 0.497 e. The average molecular weight is 393 g/mol. The number of benzene rings is 2. The fourth-order valence-electron chi connectivity index (χ4n) is 3.74. The van der Waals surface area contributed by atoms with Crippen molar-refractivity contribution >= 4 is 0 Å². The van der Waals surface area contributed by atoms with Gasteiger partial charge in [0, 0.05) is 12.6 Å². The Kier molecular flexibility index (Phi) is 6.10. The molecule has 0 saturated carbocycles. The van der Waals surface area contributed by atoms with Gasteiger partial charge in [0.05, 0.1) is 19.4 Å². The van der Waals surface area contributed by atoms with E-state index in [2.05, 4.69) is 45.3 Å². The number of aryl methyl sites for hydroxylation is 1. The zero-order valence-electron chi connectivity index (χ0n) is 17.1. The highest BCUT2D eigenvalue weighted by molar-refractivity contribution is 5.40. The molecule has 0 radical (unpaired) electrons. The van der Waals surface area contributed by atoms with Crippen LogP contribution < -0.4 is 9.47 Å². The molecule has 1 aliphatic heterocycles. The first-order valence-electron chi connectivity index (χ1n) is 10.2. The number of aromatic nitrogens is 3. The van der Waals surface area contributed by atoms with Gasteiger partial charge in [-0.25, -0.2) is 0 Å². The molecule has 1 aromatic heterocycles. The SMILES string of the molecule is COc1cccc(-n2nc(C)nc2OCC2CCN(Cc3ccccc3)CC2)c1. The molecule has 4 rings (SSSR count). The van der Waals surface area contributed by atoms with Crippen LogP contribution in [0.5, 0.6) is 11.8 Å². The van der Waals surface area contributed by atoms with E-state index >= 15 is 0 Å². The summed E-state index contributed by atoms with van der Waals surface area (Å²) in [7, 11) is 1.66. The summed E-state index contributed by atoms with van der Waals surface area (Å²) in [6.07, 6.45) is 2.28. The van der Waals surface area contributed by atoms with Gasteiger partial charge in [-0.15, -0.1) is 5.10 Å². The Morgan fingerprint density at radius 2 is 1.83 bits per heavy atom. The smallest absolute Gasteiger partial charge is 0.319 e. The van der Waals surface area contributed by atoms with Crippen LogP contribution in [0, 0.1) is 12.8 Å². The Bertz CT molecular complexity index is 918. The lowest BCUT2D eigenvalue weighted by Crippen LogP contribution is -2.35. The minimum atomic E-state index is 0.540. The van der Waals surface area contributed by atoms with Gasteiger partial charge in [0.2, 0.25) is 0 Å². The second-order valence-electron chi connectivity index (χ2n) is 7.57. The lowest BCUT2D eigenvalue weighted by Gasteiger charge is -2.31. The van der Waals surface area contributed by atoms with Gasteiger partial charge in [0.1, 0.15) is 5.75 Å². The molecular weight excluding hydrogens is 364 g/mol. The highest BCUT2D eigenvalue weighted by atomic mass is 16.5. The summed E-state index contributed by atoms with van der Waals surface area (Å²) in [6, 6.07) is 19.0. The molecule has 1 aliphatic rings. The molecule has 0 atom stereocenters. The van der Waals surface area contributed by atoms with Crippen LogP contribution in [0.1, 0.15) is 24.2 Å². The fourth-order valence-corrected chi connectivity index (χ4v) is 3.74. The van der Waals surface area contributed by atoms with E-state index in [-0.39, 0.29) is 0 Å². The van der Waals surface area contributed by atoms with Crippen molar-refractivity contribution in [3.05, 3.63) is 66.0 Å². The first-order valence-corrected chi connectivity index (χ1v) is 10.2. The van der Waals surface area contributed by atoms with Crippen molar-refractivity contribution < 1.29 is 9.47 Å². The molecule has 6 nitrogen and oxygen atoms in total. The second-order valence-corrected chi connectivity index (χ2v) is 7.57. The molecule has 152 valence electrons. The van der Waals surface area contributed by atoms with E-state index in [0.717, 1.165) is 43.9 Å². The van der Waals surface area contributed by atoms with Crippen LogP contribution in [0.2, 0.25) is 0 Å². The quantitative estimate of drug-likeness (QED) is 0.611. The van der Waals surface area contributed by atoms with Crippen molar-refractivity contribution in [3.8, 4) is 17.4 Å². The number of ether oxygens (including phenoxy) is 2. The number of nitrogens with zero attached hydrogens (tertiary/aromatic N) is 4. The van der Waals surface area contributed by atoms with Crippen LogP contribution in [-0.4, -0.2) is 46.5 Å². The third-order valence-electron chi connectivity index (χ3n) is 5.39. The van der Waals surface area contributed by atoms with Gasteiger partial charge in [0.25, 0.3) is 0 Å². The van der Waals surface area contributed by atoms with Crippen molar-refractivity contribution in [3.63, 3.8) is 0 Å². The lowest BCUT2D eigenvalue weighted by molar-refractivity contribution is 0.131. The van der Waals surface area contributed by atoms with Gasteiger partial charge in [-0.1, -0.05) is 36.4 Å². The minimum Gasteiger partial charge on any atom is -0.497 e. The molecule has 1 fully saturated rings. The van der Waals surface area contributed by atoms with E-state index in [9.17, 15) is 0 Å². The highest BCUT2D eigenvalue weighted by Gasteiger charge is 2.21. The summed E-state index contributed by atoms with van der Waals surface area (Å²) in [6.45, 7) is 5.78. The Hall–Kier alpha value is -2.86. The summed E-state index contributed by atoms with van der Waals surface area (Å²) in [4.78, 5) is 7.00. The maximum atomic E-state index is 6.11. The number of piperidine rings is 1. The van der Waals surface area contributed by atoms with E-state index in [1.165, 1.54) is 5.56 Å². The van der Waals surface area contributed by atoms with Crippen molar-refractivity contribution in [1.29, 1.82) is 0 Å². The van der Waals surface area contributed by atoms with Crippen LogP contribution in [0.25, 0.3) is 5.69 Å². The molecule has 0 spiro atoms. The average Bonchev–Trinajstić information content (AvgIpc) is 3.14. The number of likely N-dealkylation sites (tertiary alicyclic amines) is 1. The first kappa shape index (κ1) is 19.5. The van der Waals surface area contributed by atoms with Gasteiger partial charge in [-0.05, 0) is 56.5 Å². The molecule has 0 amide bonds. The second kappa shape index (κ2) is 9.09. The molecular formula is C23H28N4O2. The lowest BCUT2D eigenvalue weighted by atomic mass is 9.97. The molecule has 0 bridgehead atoms. The summed E-state index contributed by atoms with van der Waals surface area (Å²) in [5.41, 5.74) is 2.27. The molecule has 2 heterocycles. The van der Waals surface area contributed by atoms with Gasteiger partial charge in [-0.3, -0.25) is 4.90 Å². The summed E-state index contributed by atoms with van der Waals surface area (Å²) < 4.78 is 13.2. The number of rotatable bonds is 7. The number of hydrogen-bond donors (Lipinski definition) is 0. The van der Waals surface area contributed by atoms with Crippen LogP contribution in [-0.2, 0) is 6.54 Å².